The Bertz CT molecular complexity index is 589. The highest BCUT2D eigenvalue weighted by molar-refractivity contribution is 9.10. The SMILES string of the molecule is Cc1nc2c(C)c(Br)ccc2c(N)c1C(C)C. The fourth-order valence-electron chi connectivity index (χ4n) is 2.33. The average molecular weight is 293 g/mol. The number of pyridine rings is 1. The summed E-state index contributed by atoms with van der Waals surface area (Å²) in [4.78, 5) is 4.71. The van der Waals surface area contributed by atoms with Crippen molar-refractivity contribution >= 4 is 32.5 Å². The highest BCUT2D eigenvalue weighted by Gasteiger charge is 2.14. The largest absolute Gasteiger partial charge is 0.398 e. The average Bonchev–Trinajstić information content (AvgIpc) is 2.23. The molecule has 0 atom stereocenters. The van der Waals surface area contributed by atoms with E-state index in [-0.39, 0.29) is 0 Å². The van der Waals surface area contributed by atoms with E-state index >= 15 is 0 Å². The van der Waals surface area contributed by atoms with Gasteiger partial charge in [-0.3, -0.25) is 4.98 Å². The Balaban J connectivity index is 2.91. The van der Waals surface area contributed by atoms with Crippen LogP contribution in [-0.4, -0.2) is 4.98 Å². The number of fused-ring (bicyclic) bond motifs is 1. The van der Waals surface area contributed by atoms with Gasteiger partial charge >= 0.3 is 0 Å². The molecule has 0 aliphatic rings. The second kappa shape index (κ2) is 4.30. The minimum atomic E-state index is 0.399. The number of aryl methyl sites for hydroxylation is 2. The van der Waals surface area contributed by atoms with Gasteiger partial charge in [0.2, 0.25) is 0 Å². The molecule has 0 saturated carbocycles. The number of aromatic nitrogens is 1. The quantitative estimate of drug-likeness (QED) is 0.850. The molecule has 0 amide bonds. The second-order valence-corrected chi connectivity index (χ2v) is 5.60. The zero-order chi connectivity index (χ0) is 12.7. The summed E-state index contributed by atoms with van der Waals surface area (Å²) in [5, 5.41) is 1.06. The van der Waals surface area contributed by atoms with Gasteiger partial charge in [0.25, 0.3) is 0 Å². The molecule has 1 aromatic carbocycles. The van der Waals surface area contributed by atoms with Crippen LogP contribution in [0.5, 0.6) is 0 Å². The number of nitrogens with two attached hydrogens (primary N) is 1. The van der Waals surface area contributed by atoms with Crippen LogP contribution in [0.2, 0.25) is 0 Å². The summed E-state index contributed by atoms with van der Waals surface area (Å²) in [7, 11) is 0. The maximum Gasteiger partial charge on any atom is 0.0766 e. The molecule has 90 valence electrons. The first-order valence-corrected chi connectivity index (χ1v) is 6.57. The lowest BCUT2D eigenvalue weighted by Crippen LogP contribution is -2.04. The second-order valence-electron chi connectivity index (χ2n) is 4.75. The third kappa shape index (κ3) is 1.93. The number of nitrogen functional groups attached to an aromatic ring is 1. The van der Waals surface area contributed by atoms with Crippen molar-refractivity contribution in [2.24, 2.45) is 0 Å². The monoisotopic (exact) mass is 292 g/mol. The highest BCUT2D eigenvalue weighted by atomic mass is 79.9. The molecule has 0 fully saturated rings. The first kappa shape index (κ1) is 12.4. The van der Waals surface area contributed by atoms with Crippen LogP contribution in [-0.2, 0) is 0 Å². The van der Waals surface area contributed by atoms with Gasteiger partial charge in [-0.05, 0) is 43.0 Å². The molecule has 1 heterocycles. The van der Waals surface area contributed by atoms with Crippen molar-refractivity contribution in [1.82, 2.24) is 4.98 Å². The smallest absolute Gasteiger partial charge is 0.0766 e. The van der Waals surface area contributed by atoms with E-state index in [9.17, 15) is 0 Å². The predicted octanol–water partition coefficient (Wildman–Crippen LogP) is 4.32. The Morgan fingerprint density at radius 2 is 1.88 bits per heavy atom. The van der Waals surface area contributed by atoms with Crippen LogP contribution in [0.3, 0.4) is 0 Å². The van der Waals surface area contributed by atoms with Gasteiger partial charge in [0, 0.05) is 21.2 Å². The van der Waals surface area contributed by atoms with Crippen LogP contribution in [0.1, 0.15) is 36.6 Å². The van der Waals surface area contributed by atoms with E-state index in [0.29, 0.717) is 5.92 Å². The molecule has 0 unspecified atom stereocenters. The number of hydrogen-bond acceptors (Lipinski definition) is 2. The summed E-state index contributed by atoms with van der Waals surface area (Å²) in [5.41, 5.74) is 11.5. The standard InChI is InChI=1S/C14H17BrN2/c1-7(2)12-9(4)17-14-8(3)11(15)6-5-10(14)13(12)16/h5-7H,1-4H3,(H2,16,17). The van der Waals surface area contributed by atoms with Gasteiger partial charge in [-0.2, -0.15) is 0 Å². The van der Waals surface area contributed by atoms with Crippen LogP contribution in [0.4, 0.5) is 5.69 Å². The first-order valence-electron chi connectivity index (χ1n) is 5.78. The van der Waals surface area contributed by atoms with Crippen molar-refractivity contribution in [2.45, 2.75) is 33.6 Å². The van der Waals surface area contributed by atoms with Crippen molar-refractivity contribution in [3.05, 3.63) is 33.4 Å². The highest BCUT2D eigenvalue weighted by Crippen LogP contribution is 2.34. The number of halogens is 1. The van der Waals surface area contributed by atoms with Crippen LogP contribution in [0.15, 0.2) is 16.6 Å². The summed E-state index contributed by atoms with van der Waals surface area (Å²) in [6.07, 6.45) is 0. The predicted molar refractivity (Wildman–Crippen MR) is 77.4 cm³/mol. The van der Waals surface area contributed by atoms with Crippen LogP contribution < -0.4 is 5.73 Å². The molecule has 17 heavy (non-hydrogen) atoms. The molecule has 1 aromatic heterocycles. The molecule has 0 saturated heterocycles. The molecule has 0 aliphatic heterocycles. The van der Waals surface area contributed by atoms with Gasteiger partial charge in [-0.15, -0.1) is 0 Å². The van der Waals surface area contributed by atoms with Gasteiger partial charge in [-0.25, -0.2) is 0 Å². The van der Waals surface area contributed by atoms with E-state index in [1.54, 1.807) is 0 Å². The molecular formula is C14H17BrN2. The van der Waals surface area contributed by atoms with Crippen LogP contribution in [0.25, 0.3) is 10.9 Å². The number of anilines is 1. The lowest BCUT2D eigenvalue weighted by Gasteiger charge is -2.16. The number of rotatable bonds is 1. The molecule has 0 bridgehead atoms. The van der Waals surface area contributed by atoms with Crippen LogP contribution >= 0.6 is 15.9 Å². The third-order valence-corrected chi connectivity index (χ3v) is 4.05. The maximum atomic E-state index is 6.28. The molecule has 0 aliphatic carbocycles. The Kier molecular flexibility index (Phi) is 3.13. The van der Waals surface area contributed by atoms with Crippen molar-refractivity contribution in [2.75, 3.05) is 5.73 Å². The minimum absolute atomic E-state index is 0.399. The molecule has 0 spiro atoms. The molecule has 3 heteroatoms. The zero-order valence-corrected chi connectivity index (χ0v) is 12.2. The number of benzene rings is 1. The summed E-state index contributed by atoms with van der Waals surface area (Å²) in [6, 6.07) is 4.08. The van der Waals surface area contributed by atoms with E-state index in [2.05, 4.69) is 36.7 Å². The summed E-state index contributed by atoms with van der Waals surface area (Å²) < 4.78 is 1.08. The Morgan fingerprint density at radius 1 is 1.24 bits per heavy atom. The molecule has 2 aromatic rings. The summed E-state index contributed by atoms with van der Waals surface area (Å²) >= 11 is 3.53. The topological polar surface area (TPSA) is 38.9 Å². The Morgan fingerprint density at radius 3 is 2.47 bits per heavy atom. The Hall–Kier alpha value is -1.09. The third-order valence-electron chi connectivity index (χ3n) is 3.19. The van der Waals surface area contributed by atoms with Crippen molar-refractivity contribution in [3.8, 4) is 0 Å². The van der Waals surface area contributed by atoms with Gasteiger partial charge in [0.15, 0.2) is 0 Å². The summed E-state index contributed by atoms with van der Waals surface area (Å²) in [5.74, 6) is 0.399. The number of nitrogens with zero attached hydrogens (tertiary/aromatic N) is 1. The van der Waals surface area contributed by atoms with Gasteiger partial charge < -0.3 is 5.73 Å². The zero-order valence-electron chi connectivity index (χ0n) is 10.6. The van der Waals surface area contributed by atoms with E-state index in [0.717, 1.165) is 32.3 Å². The number of hydrogen-bond donors (Lipinski definition) is 1. The van der Waals surface area contributed by atoms with E-state index in [1.165, 1.54) is 5.56 Å². The van der Waals surface area contributed by atoms with E-state index in [1.807, 2.05) is 19.1 Å². The Labute approximate surface area is 110 Å². The lowest BCUT2D eigenvalue weighted by atomic mass is 9.96. The molecule has 2 nitrogen and oxygen atoms in total. The van der Waals surface area contributed by atoms with E-state index in [4.69, 9.17) is 10.7 Å². The molecular weight excluding hydrogens is 276 g/mol. The fourth-order valence-corrected chi connectivity index (χ4v) is 2.65. The van der Waals surface area contributed by atoms with Gasteiger partial charge in [0.1, 0.15) is 0 Å². The first-order chi connectivity index (χ1) is 7.93. The maximum absolute atomic E-state index is 6.28. The molecule has 0 radical (unpaired) electrons. The minimum Gasteiger partial charge on any atom is -0.398 e. The molecule has 2 rings (SSSR count). The van der Waals surface area contributed by atoms with Crippen molar-refractivity contribution in [3.63, 3.8) is 0 Å². The van der Waals surface area contributed by atoms with Crippen molar-refractivity contribution in [1.29, 1.82) is 0 Å². The van der Waals surface area contributed by atoms with Crippen molar-refractivity contribution < 1.29 is 0 Å². The van der Waals surface area contributed by atoms with Gasteiger partial charge in [0.05, 0.1) is 5.52 Å². The summed E-state index contributed by atoms with van der Waals surface area (Å²) in [6.45, 7) is 8.40. The molecule has 2 N–H and O–H groups in total. The normalized spacial score (nSPS) is 11.4. The fraction of sp³-hybridized carbons (Fsp3) is 0.357. The van der Waals surface area contributed by atoms with Gasteiger partial charge in [-0.1, -0.05) is 29.8 Å². The van der Waals surface area contributed by atoms with E-state index < -0.39 is 0 Å². The van der Waals surface area contributed by atoms with Crippen LogP contribution in [0, 0.1) is 13.8 Å². The lowest BCUT2D eigenvalue weighted by molar-refractivity contribution is 0.851.